The van der Waals surface area contributed by atoms with E-state index in [9.17, 15) is 19.7 Å². The van der Waals surface area contributed by atoms with E-state index in [-0.39, 0.29) is 22.9 Å². The summed E-state index contributed by atoms with van der Waals surface area (Å²) >= 11 is 0. The van der Waals surface area contributed by atoms with Gasteiger partial charge in [-0.1, -0.05) is 19.3 Å². The van der Waals surface area contributed by atoms with Crippen molar-refractivity contribution in [2.24, 2.45) is 0 Å². The molecule has 1 fully saturated rings. The summed E-state index contributed by atoms with van der Waals surface area (Å²) < 4.78 is 6.39. The van der Waals surface area contributed by atoms with Crippen molar-refractivity contribution in [2.45, 2.75) is 38.1 Å². The van der Waals surface area contributed by atoms with Gasteiger partial charge >= 0.3 is 5.97 Å². The van der Waals surface area contributed by atoms with Crippen LogP contribution in [0.3, 0.4) is 0 Å². The van der Waals surface area contributed by atoms with Gasteiger partial charge in [-0.2, -0.15) is 5.10 Å². The molecule has 0 saturated heterocycles. The van der Waals surface area contributed by atoms with Crippen LogP contribution in [0.2, 0.25) is 0 Å². The van der Waals surface area contributed by atoms with Crippen LogP contribution < -0.4 is 5.32 Å². The molecule has 0 bridgehead atoms. The van der Waals surface area contributed by atoms with Gasteiger partial charge in [0.2, 0.25) is 0 Å². The first-order valence-electron chi connectivity index (χ1n) is 8.72. The summed E-state index contributed by atoms with van der Waals surface area (Å²) in [5.74, 6) is -0.778. The number of carbonyl (C=O) groups is 2. The van der Waals surface area contributed by atoms with E-state index in [1.54, 1.807) is 16.9 Å². The van der Waals surface area contributed by atoms with E-state index in [1.165, 1.54) is 19.6 Å². The van der Waals surface area contributed by atoms with Crippen LogP contribution in [0.4, 0.5) is 11.5 Å². The Morgan fingerprint density at radius 2 is 1.93 bits per heavy atom. The van der Waals surface area contributed by atoms with Crippen molar-refractivity contribution in [3.63, 3.8) is 0 Å². The number of hydrogen-bond acceptors (Lipinski definition) is 6. The Labute approximate surface area is 155 Å². The average Bonchev–Trinajstić information content (AvgIpc) is 3.15. The number of methoxy groups -OCH3 is 1. The molecular weight excluding hydrogens is 352 g/mol. The highest BCUT2D eigenvalue weighted by Gasteiger charge is 2.22. The van der Waals surface area contributed by atoms with Gasteiger partial charge in [-0.15, -0.1) is 0 Å². The number of non-ortho nitro benzene ring substituents is 1. The van der Waals surface area contributed by atoms with E-state index in [0.717, 1.165) is 37.8 Å². The van der Waals surface area contributed by atoms with Gasteiger partial charge in [0.25, 0.3) is 11.6 Å². The van der Waals surface area contributed by atoms with Gasteiger partial charge in [-0.05, 0) is 18.9 Å². The Kier molecular flexibility index (Phi) is 5.49. The van der Waals surface area contributed by atoms with Gasteiger partial charge in [0.05, 0.1) is 29.8 Å². The van der Waals surface area contributed by atoms with E-state index in [2.05, 4.69) is 15.2 Å². The molecule has 2 aromatic rings. The van der Waals surface area contributed by atoms with E-state index < -0.39 is 16.8 Å². The van der Waals surface area contributed by atoms with Crippen LogP contribution in [0.5, 0.6) is 0 Å². The number of carbonyl (C=O) groups excluding carboxylic acids is 2. The minimum Gasteiger partial charge on any atom is -0.465 e. The average molecular weight is 372 g/mol. The number of nitro groups is 1. The van der Waals surface area contributed by atoms with Crippen molar-refractivity contribution in [1.82, 2.24) is 9.78 Å². The Hall–Kier alpha value is -3.23. The number of esters is 1. The summed E-state index contributed by atoms with van der Waals surface area (Å²) in [6.07, 6.45) is 7.03. The summed E-state index contributed by atoms with van der Waals surface area (Å²) in [6.45, 7) is 0. The first-order chi connectivity index (χ1) is 13.0. The lowest BCUT2D eigenvalue weighted by Gasteiger charge is -2.23. The molecule has 1 aliphatic rings. The number of nitrogens with zero attached hydrogens (tertiary/aromatic N) is 3. The standard InChI is InChI=1S/C18H20N4O5/c1-27-18(24)13-9-12(10-15(11-13)22(25)26)17(23)20-16-7-8-19-21(16)14-5-3-2-4-6-14/h7-11,14H,2-6H2,1H3,(H,20,23). The molecule has 0 spiro atoms. The summed E-state index contributed by atoms with van der Waals surface area (Å²) in [4.78, 5) is 34.9. The molecule has 9 nitrogen and oxygen atoms in total. The molecule has 1 heterocycles. The largest absolute Gasteiger partial charge is 0.465 e. The minimum atomic E-state index is -0.750. The monoisotopic (exact) mass is 372 g/mol. The third-order valence-electron chi connectivity index (χ3n) is 4.64. The molecule has 1 aliphatic carbocycles. The second-order valence-corrected chi connectivity index (χ2v) is 6.42. The zero-order valence-corrected chi connectivity index (χ0v) is 14.9. The first-order valence-corrected chi connectivity index (χ1v) is 8.72. The predicted octanol–water partition coefficient (Wildman–Crippen LogP) is 3.34. The van der Waals surface area contributed by atoms with Crippen molar-refractivity contribution in [3.8, 4) is 0 Å². The smallest absolute Gasteiger partial charge is 0.338 e. The number of nitrogens with one attached hydrogen (secondary N) is 1. The second-order valence-electron chi connectivity index (χ2n) is 6.42. The third-order valence-corrected chi connectivity index (χ3v) is 4.64. The molecule has 1 saturated carbocycles. The molecule has 0 aliphatic heterocycles. The first kappa shape index (κ1) is 18.6. The molecule has 0 radical (unpaired) electrons. The molecule has 142 valence electrons. The van der Waals surface area contributed by atoms with Gasteiger partial charge in [0.15, 0.2) is 0 Å². The zero-order chi connectivity index (χ0) is 19.4. The van der Waals surface area contributed by atoms with Gasteiger partial charge in [0, 0.05) is 23.8 Å². The van der Waals surface area contributed by atoms with Crippen molar-refractivity contribution in [2.75, 3.05) is 12.4 Å². The Balaban J connectivity index is 1.86. The van der Waals surface area contributed by atoms with Crippen LogP contribution in [0.15, 0.2) is 30.5 Å². The van der Waals surface area contributed by atoms with E-state index in [4.69, 9.17) is 0 Å². The van der Waals surface area contributed by atoms with Crippen LogP contribution in [0.25, 0.3) is 0 Å². The molecule has 1 amide bonds. The fourth-order valence-corrected chi connectivity index (χ4v) is 3.30. The van der Waals surface area contributed by atoms with Gasteiger partial charge in [-0.25, -0.2) is 9.48 Å². The lowest BCUT2D eigenvalue weighted by atomic mass is 9.96. The zero-order valence-electron chi connectivity index (χ0n) is 14.9. The third kappa shape index (κ3) is 4.13. The number of amides is 1. The number of benzene rings is 1. The summed E-state index contributed by atoms with van der Waals surface area (Å²) in [5.41, 5.74) is -0.414. The highest BCUT2D eigenvalue weighted by molar-refractivity contribution is 6.05. The molecule has 1 aromatic heterocycles. The van der Waals surface area contributed by atoms with Crippen LogP contribution >= 0.6 is 0 Å². The van der Waals surface area contributed by atoms with Crippen molar-refractivity contribution < 1.29 is 19.2 Å². The normalized spacial score (nSPS) is 14.6. The molecule has 3 rings (SSSR count). The lowest BCUT2D eigenvalue weighted by molar-refractivity contribution is -0.384. The summed E-state index contributed by atoms with van der Waals surface area (Å²) in [5, 5.41) is 18.2. The van der Waals surface area contributed by atoms with E-state index >= 15 is 0 Å². The predicted molar refractivity (Wildman–Crippen MR) is 96.7 cm³/mol. The van der Waals surface area contributed by atoms with Crippen LogP contribution in [0, 0.1) is 10.1 Å². The van der Waals surface area contributed by atoms with E-state index in [0.29, 0.717) is 5.82 Å². The SMILES string of the molecule is COC(=O)c1cc(C(=O)Nc2ccnn2C2CCCCC2)cc([N+](=O)[O-])c1. The fourth-order valence-electron chi connectivity index (χ4n) is 3.30. The second kappa shape index (κ2) is 7.98. The van der Waals surface area contributed by atoms with Crippen molar-refractivity contribution >= 4 is 23.4 Å². The van der Waals surface area contributed by atoms with Crippen LogP contribution in [-0.4, -0.2) is 33.7 Å². The Morgan fingerprint density at radius 3 is 2.59 bits per heavy atom. The highest BCUT2D eigenvalue weighted by Crippen LogP contribution is 2.30. The number of nitro benzene ring substituents is 1. The number of ether oxygens (including phenoxy) is 1. The topological polar surface area (TPSA) is 116 Å². The molecule has 0 unspecified atom stereocenters. The van der Waals surface area contributed by atoms with Crippen LogP contribution in [0.1, 0.15) is 58.9 Å². The van der Waals surface area contributed by atoms with Crippen molar-refractivity contribution in [1.29, 1.82) is 0 Å². The Bertz CT molecular complexity index is 870. The number of rotatable bonds is 5. The summed E-state index contributed by atoms with van der Waals surface area (Å²) in [6, 6.07) is 5.39. The van der Waals surface area contributed by atoms with Gasteiger partial charge in [0.1, 0.15) is 5.82 Å². The molecule has 1 aromatic carbocycles. The Morgan fingerprint density at radius 1 is 1.22 bits per heavy atom. The number of aromatic nitrogens is 2. The van der Waals surface area contributed by atoms with Gasteiger partial charge in [-0.3, -0.25) is 14.9 Å². The molecule has 27 heavy (non-hydrogen) atoms. The minimum absolute atomic E-state index is 0.000921. The maximum absolute atomic E-state index is 12.7. The molecule has 0 atom stereocenters. The highest BCUT2D eigenvalue weighted by atomic mass is 16.6. The molecular formula is C18H20N4O5. The quantitative estimate of drug-likeness (QED) is 0.489. The van der Waals surface area contributed by atoms with Crippen LogP contribution in [-0.2, 0) is 4.74 Å². The van der Waals surface area contributed by atoms with Gasteiger partial charge < -0.3 is 10.1 Å². The number of anilines is 1. The fraction of sp³-hybridized carbons (Fsp3) is 0.389. The van der Waals surface area contributed by atoms with E-state index in [1.807, 2.05) is 0 Å². The molecule has 9 heteroatoms. The lowest BCUT2D eigenvalue weighted by Crippen LogP contribution is -2.20. The maximum atomic E-state index is 12.7. The number of hydrogen-bond donors (Lipinski definition) is 1. The maximum Gasteiger partial charge on any atom is 0.338 e. The summed E-state index contributed by atoms with van der Waals surface area (Å²) in [7, 11) is 1.17. The van der Waals surface area contributed by atoms with Crippen molar-refractivity contribution in [3.05, 3.63) is 51.7 Å². The molecule has 1 N–H and O–H groups in total.